The number of hydrogen-bond donors (Lipinski definition) is 1. The number of amides is 2. The molecule has 0 saturated carbocycles. The highest BCUT2D eigenvalue weighted by molar-refractivity contribution is 7.15. The summed E-state index contributed by atoms with van der Waals surface area (Å²) in [5, 5.41) is 3.80. The van der Waals surface area contributed by atoms with Gasteiger partial charge >= 0.3 is 0 Å². The van der Waals surface area contributed by atoms with Gasteiger partial charge in [-0.2, -0.15) is 0 Å². The van der Waals surface area contributed by atoms with Crippen molar-refractivity contribution in [3.05, 3.63) is 15.5 Å². The molecule has 1 aromatic rings. The summed E-state index contributed by atoms with van der Waals surface area (Å²) < 4.78 is 0.614. The molecule has 2 rings (SSSR count). The lowest BCUT2D eigenvalue weighted by Crippen LogP contribution is -2.36. The van der Waals surface area contributed by atoms with E-state index in [2.05, 4.69) is 10.3 Å². The fourth-order valence-corrected chi connectivity index (χ4v) is 2.40. The Balaban J connectivity index is 1.92. The molecule has 0 bridgehead atoms. The Labute approximate surface area is 101 Å². The molecule has 86 valence electrons. The smallest absolute Gasteiger partial charge is 0.246 e. The SMILES string of the molecule is CN1C(=O)CC(NCc2ncc(Cl)s2)C1=O. The number of likely N-dealkylation sites (tertiary alicyclic amines) is 1. The molecule has 1 aromatic heterocycles. The highest BCUT2D eigenvalue weighted by Gasteiger charge is 2.35. The third kappa shape index (κ3) is 2.23. The van der Waals surface area contributed by atoms with E-state index in [-0.39, 0.29) is 18.2 Å². The number of nitrogens with one attached hydrogen (secondary N) is 1. The standard InChI is InChI=1S/C9H10ClN3O2S/c1-13-8(14)2-5(9(13)15)11-4-7-12-3-6(10)16-7/h3,5,11H,2,4H2,1H3. The largest absolute Gasteiger partial charge is 0.299 e. The van der Waals surface area contributed by atoms with Crippen LogP contribution in [-0.4, -0.2) is 34.8 Å². The van der Waals surface area contributed by atoms with Crippen LogP contribution in [0.3, 0.4) is 0 Å². The maximum Gasteiger partial charge on any atom is 0.246 e. The van der Waals surface area contributed by atoms with Crippen molar-refractivity contribution in [2.24, 2.45) is 0 Å². The number of nitrogens with zero attached hydrogens (tertiary/aromatic N) is 2. The molecule has 16 heavy (non-hydrogen) atoms. The van der Waals surface area contributed by atoms with Gasteiger partial charge in [0, 0.05) is 13.6 Å². The van der Waals surface area contributed by atoms with Gasteiger partial charge in [-0.15, -0.1) is 11.3 Å². The molecule has 5 nitrogen and oxygen atoms in total. The van der Waals surface area contributed by atoms with E-state index in [1.54, 1.807) is 6.20 Å². The molecule has 7 heteroatoms. The van der Waals surface area contributed by atoms with Gasteiger partial charge in [-0.05, 0) is 0 Å². The molecule has 0 aromatic carbocycles. The minimum absolute atomic E-state index is 0.153. The van der Waals surface area contributed by atoms with Crippen LogP contribution in [0.4, 0.5) is 0 Å². The van der Waals surface area contributed by atoms with Gasteiger partial charge in [0.05, 0.1) is 18.7 Å². The second-order valence-electron chi connectivity index (χ2n) is 3.49. The maximum absolute atomic E-state index is 11.5. The van der Waals surface area contributed by atoms with Crippen LogP contribution in [0.25, 0.3) is 0 Å². The van der Waals surface area contributed by atoms with Crippen LogP contribution < -0.4 is 5.32 Å². The number of carbonyl (C=O) groups excluding carboxylic acids is 2. The Hall–Kier alpha value is -0.980. The second-order valence-corrected chi connectivity index (χ2v) is 5.23. The lowest BCUT2D eigenvalue weighted by molar-refractivity contribution is -0.137. The second kappa shape index (κ2) is 4.48. The van der Waals surface area contributed by atoms with Crippen molar-refractivity contribution >= 4 is 34.8 Å². The molecule has 1 atom stereocenters. The van der Waals surface area contributed by atoms with Crippen LogP contribution in [0.15, 0.2) is 6.20 Å². The molecule has 1 saturated heterocycles. The van der Waals surface area contributed by atoms with Gasteiger partial charge in [-0.25, -0.2) is 4.98 Å². The molecule has 0 spiro atoms. The number of carbonyl (C=O) groups is 2. The summed E-state index contributed by atoms with van der Waals surface area (Å²) in [6.07, 6.45) is 1.78. The van der Waals surface area contributed by atoms with E-state index in [1.807, 2.05) is 0 Å². The van der Waals surface area contributed by atoms with Crippen LogP contribution in [0.1, 0.15) is 11.4 Å². The predicted octanol–water partition coefficient (Wildman–Crippen LogP) is 0.643. The molecule has 0 aliphatic carbocycles. The number of aromatic nitrogens is 1. The van der Waals surface area contributed by atoms with Crippen LogP contribution in [0.5, 0.6) is 0 Å². The zero-order valence-corrected chi connectivity index (χ0v) is 10.1. The van der Waals surface area contributed by atoms with Gasteiger partial charge in [-0.1, -0.05) is 11.6 Å². The maximum atomic E-state index is 11.5. The summed E-state index contributed by atoms with van der Waals surface area (Å²) in [5.41, 5.74) is 0. The van der Waals surface area contributed by atoms with Crippen molar-refractivity contribution in [2.75, 3.05) is 7.05 Å². The minimum Gasteiger partial charge on any atom is -0.299 e. The molecule has 2 amide bonds. The number of halogens is 1. The summed E-state index contributed by atoms with van der Waals surface area (Å²) in [6, 6.07) is -0.430. The average Bonchev–Trinajstić information content (AvgIpc) is 2.76. The Morgan fingerprint density at radius 2 is 2.44 bits per heavy atom. The summed E-state index contributed by atoms with van der Waals surface area (Å²) >= 11 is 7.09. The first-order valence-corrected chi connectivity index (χ1v) is 5.91. The number of hydrogen-bond acceptors (Lipinski definition) is 5. The van der Waals surface area contributed by atoms with E-state index in [4.69, 9.17) is 11.6 Å². The van der Waals surface area contributed by atoms with Crippen molar-refractivity contribution < 1.29 is 9.59 Å². The van der Waals surface area contributed by atoms with E-state index >= 15 is 0 Å². The van der Waals surface area contributed by atoms with Gasteiger partial charge in [0.25, 0.3) is 0 Å². The first-order chi connectivity index (χ1) is 7.58. The Morgan fingerprint density at radius 1 is 1.69 bits per heavy atom. The van der Waals surface area contributed by atoms with E-state index < -0.39 is 6.04 Å². The molecule has 1 aliphatic heterocycles. The third-order valence-electron chi connectivity index (χ3n) is 2.41. The van der Waals surface area contributed by atoms with Crippen molar-refractivity contribution in [3.63, 3.8) is 0 Å². The Bertz CT molecular complexity index is 434. The monoisotopic (exact) mass is 259 g/mol. The van der Waals surface area contributed by atoms with Crippen LogP contribution in [-0.2, 0) is 16.1 Å². The lowest BCUT2D eigenvalue weighted by atomic mass is 10.2. The summed E-state index contributed by atoms with van der Waals surface area (Å²) in [7, 11) is 1.49. The summed E-state index contributed by atoms with van der Waals surface area (Å²) in [6.45, 7) is 0.453. The van der Waals surface area contributed by atoms with E-state index in [1.165, 1.54) is 18.4 Å². The molecule has 2 heterocycles. The normalized spacial score (nSPS) is 20.9. The van der Waals surface area contributed by atoms with Gasteiger partial charge in [0.1, 0.15) is 9.34 Å². The first kappa shape index (κ1) is 11.5. The third-order valence-corrected chi connectivity index (χ3v) is 3.52. The topological polar surface area (TPSA) is 62.3 Å². The molecule has 1 fully saturated rings. The quantitative estimate of drug-likeness (QED) is 0.810. The average molecular weight is 260 g/mol. The van der Waals surface area contributed by atoms with Gasteiger partial charge in [0.15, 0.2) is 0 Å². The van der Waals surface area contributed by atoms with E-state index in [9.17, 15) is 9.59 Å². The predicted molar refractivity (Wildman–Crippen MR) is 60.1 cm³/mol. The fraction of sp³-hybridized carbons (Fsp3) is 0.444. The van der Waals surface area contributed by atoms with Crippen molar-refractivity contribution in [1.29, 1.82) is 0 Å². The zero-order valence-electron chi connectivity index (χ0n) is 8.57. The summed E-state index contributed by atoms with van der Waals surface area (Å²) in [4.78, 5) is 28.0. The fourth-order valence-electron chi connectivity index (χ4n) is 1.50. The highest BCUT2D eigenvalue weighted by atomic mass is 35.5. The lowest BCUT2D eigenvalue weighted by Gasteiger charge is -2.09. The van der Waals surface area contributed by atoms with Crippen LogP contribution >= 0.6 is 22.9 Å². The number of imide groups is 1. The number of likely N-dealkylation sites (N-methyl/N-ethyl adjacent to an activating group) is 1. The van der Waals surface area contributed by atoms with Crippen LogP contribution in [0.2, 0.25) is 4.34 Å². The Morgan fingerprint density at radius 3 is 2.94 bits per heavy atom. The molecule has 1 unspecified atom stereocenters. The highest BCUT2D eigenvalue weighted by Crippen LogP contribution is 2.18. The van der Waals surface area contributed by atoms with E-state index in [0.717, 1.165) is 9.91 Å². The van der Waals surface area contributed by atoms with Gasteiger partial charge in [0.2, 0.25) is 11.8 Å². The van der Waals surface area contributed by atoms with E-state index in [0.29, 0.717) is 10.9 Å². The molecular formula is C9H10ClN3O2S. The first-order valence-electron chi connectivity index (χ1n) is 4.72. The molecule has 1 aliphatic rings. The molecular weight excluding hydrogens is 250 g/mol. The molecule has 1 N–H and O–H groups in total. The Kier molecular flexibility index (Phi) is 3.22. The van der Waals surface area contributed by atoms with Crippen molar-refractivity contribution in [2.45, 2.75) is 19.0 Å². The zero-order chi connectivity index (χ0) is 11.7. The molecule has 0 radical (unpaired) electrons. The van der Waals surface area contributed by atoms with Crippen molar-refractivity contribution in [1.82, 2.24) is 15.2 Å². The van der Waals surface area contributed by atoms with Crippen LogP contribution in [0, 0.1) is 0 Å². The minimum atomic E-state index is -0.430. The van der Waals surface area contributed by atoms with Gasteiger partial charge < -0.3 is 0 Å². The number of rotatable bonds is 3. The summed E-state index contributed by atoms with van der Waals surface area (Å²) in [5.74, 6) is -0.340. The van der Waals surface area contributed by atoms with Gasteiger partial charge in [-0.3, -0.25) is 19.8 Å². The van der Waals surface area contributed by atoms with Crippen molar-refractivity contribution in [3.8, 4) is 0 Å². The number of thiazole rings is 1.